The van der Waals surface area contributed by atoms with Crippen molar-refractivity contribution in [2.75, 3.05) is 17.3 Å². The Balaban J connectivity index is 2.61. The quantitative estimate of drug-likeness (QED) is 0.814. The summed E-state index contributed by atoms with van der Waals surface area (Å²) in [6, 6.07) is 6.43. The second-order valence-electron chi connectivity index (χ2n) is 4.18. The van der Waals surface area contributed by atoms with Crippen molar-refractivity contribution in [3.8, 4) is 0 Å². The Bertz CT molecular complexity index is 512. The average Bonchev–Trinajstić information content (AvgIpc) is 2.26. The number of primary sulfonamides is 1. The number of hydrogen-bond donors (Lipinski definition) is 2. The molecular formula is C11H18N2O3S2. The van der Waals surface area contributed by atoms with Gasteiger partial charge in [-0.3, -0.25) is 4.21 Å². The van der Waals surface area contributed by atoms with Gasteiger partial charge in [-0.1, -0.05) is 0 Å². The highest BCUT2D eigenvalue weighted by atomic mass is 32.2. The molecule has 2 atom stereocenters. The smallest absolute Gasteiger partial charge is 0.238 e. The average molecular weight is 290 g/mol. The van der Waals surface area contributed by atoms with Gasteiger partial charge in [0.2, 0.25) is 10.0 Å². The molecule has 0 spiro atoms. The van der Waals surface area contributed by atoms with E-state index in [2.05, 4.69) is 5.32 Å². The standard InChI is InChI=1S/C11H18N2O3S2/c1-9(7-8-17(2)14)13-10-3-5-11(6-4-10)18(12,15)16/h3-6,9,13H,7-8H2,1-2H3,(H2,12,15,16). The first-order chi connectivity index (χ1) is 8.29. The van der Waals surface area contributed by atoms with Gasteiger partial charge in [-0.15, -0.1) is 0 Å². The van der Waals surface area contributed by atoms with Gasteiger partial charge in [-0.25, -0.2) is 13.6 Å². The molecule has 2 unspecified atom stereocenters. The number of rotatable bonds is 6. The van der Waals surface area contributed by atoms with E-state index in [-0.39, 0.29) is 10.9 Å². The van der Waals surface area contributed by atoms with Crippen molar-refractivity contribution in [2.24, 2.45) is 5.14 Å². The van der Waals surface area contributed by atoms with Gasteiger partial charge in [0, 0.05) is 34.5 Å². The van der Waals surface area contributed by atoms with Crippen LogP contribution in [0.5, 0.6) is 0 Å². The fourth-order valence-corrected chi connectivity index (χ4v) is 2.64. The van der Waals surface area contributed by atoms with Crippen LogP contribution in [0.2, 0.25) is 0 Å². The third kappa shape index (κ3) is 5.16. The van der Waals surface area contributed by atoms with Crippen LogP contribution in [0.15, 0.2) is 29.2 Å². The first kappa shape index (κ1) is 15.1. The minimum Gasteiger partial charge on any atom is -0.383 e. The Hall–Kier alpha value is -0.920. The molecule has 0 saturated carbocycles. The predicted octanol–water partition coefficient (Wildman–Crippen LogP) is 0.903. The monoisotopic (exact) mass is 290 g/mol. The first-order valence-electron chi connectivity index (χ1n) is 5.48. The highest BCUT2D eigenvalue weighted by molar-refractivity contribution is 7.89. The van der Waals surface area contributed by atoms with E-state index >= 15 is 0 Å². The second-order valence-corrected chi connectivity index (χ2v) is 7.30. The molecule has 1 aromatic carbocycles. The van der Waals surface area contributed by atoms with Gasteiger partial charge in [0.05, 0.1) is 4.90 Å². The first-order valence-corrected chi connectivity index (χ1v) is 8.76. The maximum absolute atomic E-state index is 11.1. The summed E-state index contributed by atoms with van der Waals surface area (Å²) in [4.78, 5) is 0.0929. The third-order valence-corrected chi connectivity index (χ3v) is 4.17. The van der Waals surface area contributed by atoms with E-state index in [1.165, 1.54) is 12.1 Å². The van der Waals surface area contributed by atoms with Gasteiger partial charge in [-0.05, 0) is 37.6 Å². The Morgan fingerprint density at radius 1 is 1.33 bits per heavy atom. The SMILES string of the molecule is CC(CCS(C)=O)Nc1ccc(S(N)(=O)=O)cc1. The summed E-state index contributed by atoms with van der Waals surface area (Å²) in [7, 11) is -4.43. The lowest BCUT2D eigenvalue weighted by atomic mass is 10.2. The Labute approximate surface area is 110 Å². The van der Waals surface area contributed by atoms with Crippen molar-refractivity contribution in [1.29, 1.82) is 0 Å². The zero-order valence-corrected chi connectivity index (χ0v) is 12.1. The van der Waals surface area contributed by atoms with Crippen molar-refractivity contribution in [2.45, 2.75) is 24.3 Å². The van der Waals surface area contributed by atoms with Crippen LogP contribution in [-0.4, -0.2) is 30.7 Å². The maximum atomic E-state index is 11.1. The lowest BCUT2D eigenvalue weighted by Crippen LogP contribution is -2.18. The van der Waals surface area contributed by atoms with Crippen LogP contribution in [0.4, 0.5) is 5.69 Å². The topological polar surface area (TPSA) is 89.3 Å². The highest BCUT2D eigenvalue weighted by Gasteiger charge is 2.08. The molecule has 3 N–H and O–H groups in total. The molecule has 0 radical (unpaired) electrons. The Kier molecular flexibility index (Phi) is 5.30. The number of hydrogen-bond acceptors (Lipinski definition) is 4. The maximum Gasteiger partial charge on any atom is 0.238 e. The Morgan fingerprint density at radius 3 is 2.33 bits per heavy atom. The summed E-state index contributed by atoms with van der Waals surface area (Å²) in [6.07, 6.45) is 2.47. The molecule has 0 heterocycles. The minimum atomic E-state index is -3.64. The summed E-state index contributed by atoms with van der Waals surface area (Å²) in [6.45, 7) is 1.99. The number of benzene rings is 1. The van der Waals surface area contributed by atoms with Crippen LogP contribution in [0, 0.1) is 0 Å². The normalized spacial score (nSPS) is 15.1. The molecule has 1 aromatic rings. The van der Waals surface area contributed by atoms with Gasteiger partial charge in [0.15, 0.2) is 0 Å². The fraction of sp³-hybridized carbons (Fsp3) is 0.455. The van der Waals surface area contributed by atoms with Crippen molar-refractivity contribution in [3.63, 3.8) is 0 Å². The van der Waals surface area contributed by atoms with E-state index in [0.29, 0.717) is 5.75 Å². The van der Waals surface area contributed by atoms with E-state index in [4.69, 9.17) is 5.14 Å². The van der Waals surface area contributed by atoms with Crippen LogP contribution in [0.1, 0.15) is 13.3 Å². The van der Waals surface area contributed by atoms with Crippen LogP contribution in [0.3, 0.4) is 0 Å². The zero-order chi connectivity index (χ0) is 13.8. The van der Waals surface area contributed by atoms with Crippen molar-refractivity contribution < 1.29 is 12.6 Å². The molecule has 0 aliphatic rings. The highest BCUT2D eigenvalue weighted by Crippen LogP contribution is 2.14. The summed E-state index contributed by atoms with van der Waals surface area (Å²) >= 11 is 0. The van der Waals surface area contributed by atoms with Gasteiger partial charge in [0.1, 0.15) is 0 Å². The van der Waals surface area contributed by atoms with Crippen LogP contribution < -0.4 is 10.5 Å². The van der Waals surface area contributed by atoms with Crippen LogP contribution in [0.25, 0.3) is 0 Å². The molecule has 0 saturated heterocycles. The predicted molar refractivity (Wildman–Crippen MR) is 74.5 cm³/mol. The van der Waals surface area contributed by atoms with E-state index in [9.17, 15) is 12.6 Å². The Morgan fingerprint density at radius 2 is 1.89 bits per heavy atom. The molecule has 18 heavy (non-hydrogen) atoms. The number of anilines is 1. The van der Waals surface area contributed by atoms with Gasteiger partial charge >= 0.3 is 0 Å². The van der Waals surface area contributed by atoms with Gasteiger partial charge in [-0.2, -0.15) is 0 Å². The van der Waals surface area contributed by atoms with Crippen LogP contribution >= 0.6 is 0 Å². The molecule has 0 fully saturated rings. The molecule has 0 amide bonds. The summed E-state index contributed by atoms with van der Waals surface area (Å²) in [5.74, 6) is 0.642. The van der Waals surface area contributed by atoms with E-state index in [1.54, 1.807) is 18.4 Å². The van der Waals surface area contributed by atoms with Gasteiger partial charge < -0.3 is 5.32 Å². The van der Waals surface area contributed by atoms with E-state index < -0.39 is 20.8 Å². The molecule has 0 aromatic heterocycles. The van der Waals surface area contributed by atoms with Crippen molar-refractivity contribution >= 4 is 26.5 Å². The summed E-state index contributed by atoms with van der Waals surface area (Å²) in [5.41, 5.74) is 0.816. The fourth-order valence-electron chi connectivity index (χ4n) is 1.44. The minimum absolute atomic E-state index is 0.0929. The summed E-state index contributed by atoms with van der Waals surface area (Å²) in [5, 5.41) is 8.21. The molecule has 102 valence electrons. The van der Waals surface area contributed by atoms with Gasteiger partial charge in [0.25, 0.3) is 0 Å². The lowest BCUT2D eigenvalue weighted by Gasteiger charge is -2.14. The third-order valence-electron chi connectivity index (χ3n) is 2.43. The van der Waals surface area contributed by atoms with Crippen molar-refractivity contribution in [1.82, 2.24) is 0 Å². The van der Waals surface area contributed by atoms with E-state index in [1.807, 2.05) is 6.92 Å². The molecule has 5 nitrogen and oxygen atoms in total. The van der Waals surface area contributed by atoms with E-state index in [0.717, 1.165) is 12.1 Å². The molecule has 0 aliphatic carbocycles. The molecule has 1 rings (SSSR count). The second kappa shape index (κ2) is 6.31. The zero-order valence-electron chi connectivity index (χ0n) is 10.4. The lowest BCUT2D eigenvalue weighted by molar-refractivity contribution is 0.598. The summed E-state index contributed by atoms with van der Waals surface area (Å²) < 4.78 is 33.1. The largest absolute Gasteiger partial charge is 0.383 e. The molecular weight excluding hydrogens is 272 g/mol. The number of sulfonamides is 1. The molecule has 0 bridgehead atoms. The number of nitrogens with two attached hydrogens (primary N) is 1. The van der Waals surface area contributed by atoms with Crippen molar-refractivity contribution in [3.05, 3.63) is 24.3 Å². The van der Waals surface area contributed by atoms with Crippen LogP contribution in [-0.2, 0) is 20.8 Å². The molecule has 0 aliphatic heterocycles. The molecule has 7 heteroatoms. The number of nitrogens with one attached hydrogen (secondary N) is 1.